The van der Waals surface area contributed by atoms with Crippen LogP contribution in [-0.4, -0.2) is 23.5 Å². The predicted octanol–water partition coefficient (Wildman–Crippen LogP) is 1.73. The van der Waals surface area contributed by atoms with E-state index in [1.807, 2.05) is 30.3 Å². The van der Waals surface area contributed by atoms with E-state index in [1.165, 1.54) is 0 Å². The molecule has 0 spiro atoms. The quantitative estimate of drug-likeness (QED) is 0.689. The van der Waals surface area contributed by atoms with Crippen molar-refractivity contribution in [3.05, 3.63) is 35.9 Å². The Morgan fingerprint density at radius 1 is 1.41 bits per heavy atom. The Morgan fingerprint density at radius 3 is 2.76 bits per heavy atom. The Kier molecular flexibility index (Phi) is 3.10. The van der Waals surface area contributed by atoms with Crippen molar-refractivity contribution in [1.82, 2.24) is 4.90 Å². The molecule has 1 saturated heterocycles. The number of benzene rings is 1. The molecule has 1 fully saturated rings. The number of carbonyl (C=O) groups excluding carboxylic acids is 2. The molecule has 2 amide bonds. The van der Waals surface area contributed by atoms with E-state index >= 15 is 0 Å². The Bertz CT molecular complexity index is 498. The predicted molar refractivity (Wildman–Crippen MR) is 60.8 cm³/mol. The maximum Gasteiger partial charge on any atom is 0.418 e. The summed E-state index contributed by atoms with van der Waals surface area (Å²) in [5, 5.41) is 0. The van der Waals surface area contributed by atoms with Crippen LogP contribution in [0.3, 0.4) is 0 Å². The number of hydrogen-bond donors (Lipinski definition) is 0. The number of hydrogen-bond acceptors (Lipinski definition) is 3. The highest BCUT2D eigenvalue weighted by atomic mass is 16.6. The van der Waals surface area contributed by atoms with Crippen molar-refractivity contribution in [3.63, 3.8) is 0 Å². The van der Waals surface area contributed by atoms with E-state index in [0.29, 0.717) is 0 Å². The van der Waals surface area contributed by atoms with Crippen molar-refractivity contribution in [2.45, 2.75) is 13.0 Å². The van der Waals surface area contributed by atoms with Gasteiger partial charge in [0.05, 0.1) is 0 Å². The zero-order valence-electron chi connectivity index (χ0n) is 9.34. The number of cyclic esters (lactones) is 1. The largest absolute Gasteiger partial charge is 0.446 e. The summed E-state index contributed by atoms with van der Waals surface area (Å²) in [6.07, 6.45) is -0.633. The lowest BCUT2D eigenvalue weighted by Crippen LogP contribution is -2.33. The highest BCUT2D eigenvalue weighted by molar-refractivity contribution is 6.03. The molecule has 86 valence electrons. The van der Waals surface area contributed by atoms with Crippen molar-refractivity contribution in [2.24, 2.45) is 0 Å². The van der Waals surface area contributed by atoms with Crippen molar-refractivity contribution < 1.29 is 14.3 Å². The minimum Gasteiger partial charge on any atom is -0.446 e. The molecule has 0 saturated carbocycles. The van der Waals surface area contributed by atoms with Crippen LogP contribution in [0.1, 0.15) is 18.5 Å². The zero-order chi connectivity index (χ0) is 12.3. The molecule has 0 bridgehead atoms. The van der Waals surface area contributed by atoms with Crippen molar-refractivity contribution in [3.8, 4) is 11.8 Å². The van der Waals surface area contributed by atoms with Gasteiger partial charge < -0.3 is 4.74 Å². The third-order valence-corrected chi connectivity index (χ3v) is 2.51. The van der Waals surface area contributed by atoms with E-state index in [1.54, 1.807) is 6.92 Å². The summed E-state index contributed by atoms with van der Waals surface area (Å²) in [5.74, 6) is 4.32. The molecular weight excluding hydrogens is 218 g/mol. The molecule has 1 aromatic rings. The molecule has 4 nitrogen and oxygen atoms in total. The fraction of sp³-hybridized carbons (Fsp3) is 0.231. The summed E-state index contributed by atoms with van der Waals surface area (Å²) >= 11 is 0. The smallest absolute Gasteiger partial charge is 0.418 e. The van der Waals surface area contributed by atoms with Gasteiger partial charge in [0.1, 0.15) is 12.6 Å². The Morgan fingerprint density at radius 2 is 2.12 bits per heavy atom. The van der Waals surface area contributed by atoms with Gasteiger partial charge in [0.25, 0.3) is 0 Å². The second-order valence-corrected chi connectivity index (χ2v) is 3.55. The van der Waals surface area contributed by atoms with Gasteiger partial charge in [-0.3, -0.25) is 4.79 Å². The normalized spacial score (nSPS) is 18.3. The molecule has 0 radical (unpaired) electrons. The van der Waals surface area contributed by atoms with Gasteiger partial charge in [0.2, 0.25) is 0 Å². The molecular formula is C13H11NO3. The molecule has 0 aliphatic carbocycles. The fourth-order valence-electron chi connectivity index (χ4n) is 1.73. The number of nitrogens with zero attached hydrogens (tertiary/aromatic N) is 1. The van der Waals surface area contributed by atoms with Crippen LogP contribution in [0.15, 0.2) is 30.3 Å². The second-order valence-electron chi connectivity index (χ2n) is 3.55. The van der Waals surface area contributed by atoms with E-state index in [-0.39, 0.29) is 12.6 Å². The summed E-state index contributed by atoms with van der Waals surface area (Å²) in [6, 6.07) is 8.91. The summed E-state index contributed by atoms with van der Waals surface area (Å²) < 4.78 is 4.90. The van der Waals surface area contributed by atoms with Gasteiger partial charge in [-0.2, -0.15) is 0 Å². The van der Waals surface area contributed by atoms with Gasteiger partial charge in [-0.25, -0.2) is 9.69 Å². The molecule has 17 heavy (non-hydrogen) atoms. The SMILES string of the molecule is CC#CC(=O)N1C(=O)OCC1c1ccccc1. The van der Waals surface area contributed by atoms with Crippen LogP contribution < -0.4 is 0 Å². The Labute approximate surface area is 99.2 Å². The standard InChI is InChI=1S/C13H11NO3/c1-2-6-12(15)14-11(9-17-13(14)16)10-7-4-3-5-8-10/h3-5,7-8,11H,9H2,1H3. The minimum absolute atomic E-state index is 0.181. The van der Waals surface area contributed by atoms with Crippen molar-refractivity contribution in [1.29, 1.82) is 0 Å². The summed E-state index contributed by atoms with van der Waals surface area (Å²) in [6.45, 7) is 1.73. The molecule has 1 atom stereocenters. The Balaban J connectivity index is 2.31. The highest BCUT2D eigenvalue weighted by Gasteiger charge is 2.38. The number of imide groups is 1. The van der Waals surface area contributed by atoms with E-state index in [4.69, 9.17) is 4.74 Å². The number of carbonyl (C=O) groups is 2. The zero-order valence-corrected chi connectivity index (χ0v) is 9.34. The van der Waals surface area contributed by atoms with Gasteiger partial charge in [-0.1, -0.05) is 36.3 Å². The molecule has 1 aromatic carbocycles. The maximum absolute atomic E-state index is 11.7. The van der Waals surface area contributed by atoms with Crippen LogP contribution in [0.25, 0.3) is 0 Å². The third-order valence-electron chi connectivity index (χ3n) is 2.51. The number of rotatable bonds is 1. The topological polar surface area (TPSA) is 46.6 Å². The average molecular weight is 229 g/mol. The lowest BCUT2D eigenvalue weighted by molar-refractivity contribution is -0.123. The van der Waals surface area contributed by atoms with Crippen LogP contribution in [0.5, 0.6) is 0 Å². The van der Waals surface area contributed by atoms with Crippen LogP contribution >= 0.6 is 0 Å². The first kappa shape index (κ1) is 11.2. The van der Waals surface area contributed by atoms with E-state index < -0.39 is 12.0 Å². The molecule has 1 aliphatic heterocycles. The van der Waals surface area contributed by atoms with Gasteiger partial charge in [-0.05, 0) is 18.4 Å². The second kappa shape index (κ2) is 4.71. The first-order valence-corrected chi connectivity index (χ1v) is 5.21. The van der Waals surface area contributed by atoms with Crippen LogP contribution in [0, 0.1) is 11.8 Å². The summed E-state index contributed by atoms with van der Waals surface area (Å²) in [7, 11) is 0. The first-order valence-electron chi connectivity index (χ1n) is 5.21. The summed E-state index contributed by atoms with van der Waals surface area (Å²) in [5.41, 5.74) is 0.865. The monoisotopic (exact) mass is 229 g/mol. The van der Waals surface area contributed by atoms with Gasteiger partial charge >= 0.3 is 12.0 Å². The van der Waals surface area contributed by atoms with Gasteiger partial charge in [-0.15, -0.1) is 0 Å². The van der Waals surface area contributed by atoms with E-state index in [2.05, 4.69) is 11.8 Å². The lowest BCUT2D eigenvalue weighted by Gasteiger charge is -2.16. The summed E-state index contributed by atoms with van der Waals surface area (Å²) in [4.78, 5) is 24.2. The highest BCUT2D eigenvalue weighted by Crippen LogP contribution is 2.27. The molecule has 0 aromatic heterocycles. The maximum atomic E-state index is 11.7. The van der Waals surface area contributed by atoms with E-state index in [9.17, 15) is 9.59 Å². The number of ether oxygens (including phenoxy) is 1. The van der Waals surface area contributed by atoms with Crippen LogP contribution in [0.4, 0.5) is 4.79 Å². The fourth-order valence-corrected chi connectivity index (χ4v) is 1.73. The Hall–Kier alpha value is -2.28. The van der Waals surface area contributed by atoms with Gasteiger partial charge in [0, 0.05) is 0 Å². The molecule has 0 N–H and O–H groups in total. The average Bonchev–Trinajstić information content (AvgIpc) is 2.73. The molecule has 1 unspecified atom stereocenters. The molecule has 2 rings (SSSR count). The minimum atomic E-state index is -0.633. The molecule has 1 heterocycles. The molecule has 4 heteroatoms. The number of amides is 2. The van der Waals surface area contributed by atoms with Crippen LogP contribution in [-0.2, 0) is 9.53 Å². The van der Waals surface area contributed by atoms with Gasteiger partial charge in [0.15, 0.2) is 0 Å². The first-order chi connectivity index (χ1) is 8.24. The lowest BCUT2D eigenvalue weighted by atomic mass is 10.1. The molecule has 1 aliphatic rings. The third kappa shape index (κ3) is 2.13. The van der Waals surface area contributed by atoms with Crippen LogP contribution in [0.2, 0.25) is 0 Å². The van der Waals surface area contributed by atoms with Crippen molar-refractivity contribution in [2.75, 3.05) is 6.61 Å². The van der Waals surface area contributed by atoms with E-state index in [0.717, 1.165) is 10.5 Å². The van der Waals surface area contributed by atoms with Crippen molar-refractivity contribution >= 4 is 12.0 Å².